The summed E-state index contributed by atoms with van der Waals surface area (Å²) in [6.45, 7) is 4.51. The number of rotatable bonds is 2. The van der Waals surface area contributed by atoms with Crippen LogP contribution in [-0.2, 0) is 0 Å². The van der Waals surface area contributed by atoms with Gasteiger partial charge in [-0.1, -0.05) is 62.4 Å². The van der Waals surface area contributed by atoms with E-state index < -0.39 is 0 Å². The molecule has 0 radical (unpaired) electrons. The van der Waals surface area contributed by atoms with E-state index in [0.29, 0.717) is 5.92 Å². The molecule has 0 spiro atoms. The number of fused-ring (bicyclic) bond motifs is 3. The summed E-state index contributed by atoms with van der Waals surface area (Å²) in [4.78, 5) is 7.27. The van der Waals surface area contributed by atoms with Crippen LogP contribution in [0.15, 0.2) is 91.1 Å². The zero-order valence-electron chi connectivity index (χ0n) is 17.1. The summed E-state index contributed by atoms with van der Waals surface area (Å²) in [6.07, 6.45) is 1.95. The first-order valence-electron chi connectivity index (χ1n) is 10.5. The van der Waals surface area contributed by atoms with Crippen molar-refractivity contribution in [3.05, 3.63) is 96.7 Å². The van der Waals surface area contributed by atoms with Gasteiger partial charge in [-0.15, -0.1) is 0 Å². The normalized spacial score (nSPS) is 12.6. The summed E-state index contributed by atoms with van der Waals surface area (Å²) in [7, 11) is 0. The molecule has 0 atom stereocenters. The Labute approximate surface area is 176 Å². The molecular formula is C28H22N2. The van der Waals surface area contributed by atoms with Gasteiger partial charge in [0.05, 0.1) is 17.1 Å². The van der Waals surface area contributed by atoms with Crippen molar-refractivity contribution in [2.24, 2.45) is 0 Å². The maximum Gasteiger partial charge on any atom is 0.0822 e. The van der Waals surface area contributed by atoms with E-state index in [2.05, 4.69) is 104 Å². The van der Waals surface area contributed by atoms with E-state index in [-0.39, 0.29) is 0 Å². The predicted octanol–water partition coefficient (Wildman–Crippen LogP) is 7.96. The van der Waals surface area contributed by atoms with Crippen LogP contribution in [0.2, 0.25) is 0 Å². The molecule has 1 aromatic heterocycles. The van der Waals surface area contributed by atoms with Crippen molar-refractivity contribution >= 4 is 38.6 Å². The SMILES string of the molecule is CC(C)c1cc2c3c(nccc3c1)-c1cc3ccccc3cc1N2c1ccccc1. The zero-order chi connectivity index (χ0) is 20.2. The van der Waals surface area contributed by atoms with E-state index in [1.807, 2.05) is 6.20 Å². The second-order valence-corrected chi connectivity index (χ2v) is 8.34. The Morgan fingerprint density at radius 1 is 0.700 bits per heavy atom. The highest BCUT2D eigenvalue weighted by atomic mass is 15.2. The molecule has 4 aromatic carbocycles. The van der Waals surface area contributed by atoms with Crippen LogP contribution in [0.1, 0.15) is 25.3 Å². The second-order valence-electron chi connectivity index (χ2n) is 8.34. The molecule has 1 aliphatic rings. The molecule has 0 aliphatic carbocycles. The van der Waals surface area contributed by atoms with Crippen molar-refractivity contribution in [2.75, 3.05) is 4.90 Å². The van der Waals surface area contributed by atoms with Crippen LogP contribution in [0, 0.1) is 0 Å². The first-order valence-corrected chi connectivity index (χ1v) is 10.5. The van der Waals surface area contributed by atoms with Crippen molar-refractivity contribution in [2.45, 2.75) is 19.8 Å². The predicted molar refractivity (Wildman–Crippen MR) is 127 cm³/mol. The Bertz CT molecular complexity index is 1420. The Morgan fingerprint density at radius 2 is 1.43 bits per heavy atom. The molecule has 2 nitrogen and oxygen atoms in total. The fourth-order valence-corrected chi connectivity index (χ4v) is 4.62. The molecule has 0 fully saturated rings. The van der Waals surface area contributed by atoms with Gasteiger partial charge in [-0.3, -0.25) is 4.98 Å². The molecule has 2 heterocycles. The second kappa shape index (κ2) is 6.43. The maximum atomic E-state index is 4.86. The highest BCUT2D eigenvalue weighted by molar-refractivity contribution is 6.14. The number of para-hydroxylation sites is 1. The number of hydrogen-bond acceptors (Lipinski definition) is 2. The third-order valence-electron chi connectivity index (χ3n) is 6.15. The van der Waals surface area contributed by atoms with Crippen LogP contribution in [0.4, 0.5) is 17.1 Å². The molecule has 1 aliphatic heterocycles. The van der Waals surface area contributed by atoms with E-state index in [4.69, 9.17) is 4.98 Å². The number of anilines is 3. The minimum Gasteiger partial charge on any atom is -0.309 e. The molecule has 30 heavy (non-hydrogen) atoms. The molecule has 0 saturated heterocycles. The molecule has 144 valence electrons. The highest BCUT2D eigenvalue weighted by Crippen LogP contribution is 2.51. The van der Waals surface area contributed by atoms with Crippen molar-refractivity contribution in [1.29, 1.82) is 0 Å². The lowest BCUT2D eigenvalue weighted by molar-refractivity contribution is 0.868. The Morgan fingerprint density at radius 3 is 2.20 bits per heavy atom. The van der Waals surface area contributed by atoms with Gasteiger partial charge in [0.25, 0.3) is 0 Å². The maximum absolute atomic E-state index is 4.86. The van der Waals surface area contributed by atoms with Crippen molar-refractivity contribution in [1.82, 2.24) is 4.98 Å². The summed E-state index contributed by atoms with van der Waals surface area (Å²) in [5.74, 6) is 0.456. The molecule has 0 bridgehead atoms. The monoisotopic (exact) mass is 386 g/mol. The third-order valence-corrected chi connectivity index (χ3v) is 6.15. The number of benzene rings is 4. The Hall–Kier alpha value is -3.65. The van der Waals surface area contributed by atoms with Crippen LogP contribution < -0.4 is 4.90 Å². The van der Waals surface area contributed by atoms with Crippen LogP contribution in [0.25, 0.3) is 32.8 Å². The van der Waals surface area contributed by atoms with Gasteiger partial charge in [-0.2, -0.15) is 0 Å². The average molecular weight is 386 g/mol. The lowest BCUT2D eigenvalue weighted by Crippen LogP contribution is -2.16. The first-order chi connectivity index (χ1) is 14.7. The van der Waals surface area contributed by atoms with Crippen LogP contribution in [-0.4, -0.2) is 4.98 Å². The quantitative estimate of drug-likeness (QED) is 0.300. The lowest BCUT2D eigenvalue weighted by Gasteiger charge is -2.34. The van der Waals surface area contributed by atoms with Crippen molar-refractivity contribution in [3.63, 3.8) is 0 Å². The van der Waals surface area contributed by atoms with Gasteiger partial charge in [-0.25, -0.2) is 0 Å². The summed E-state index contributed by atoms with van der Waals surface area (Å²) in [5, 5.41) is 4.97. The molecule has 0 unspecified atom stereocenters. The van der Waals surface area contributed by atoms with Crippen LogP contribution >= 0.6 is 0 Å². The van der Waals surface area contributed by atoms with Gasteiger partial charge in [0, 0.05) is 22.8 Å². The standard InChI is InChI=1S/C28H22N2/c1-18(2)22-14-21-12-13-29-28-24-15-19-8-6-7-9-20(19)16-25(24)30(26(17-22)27(21)28)23-10-4-3-5-11-23/h3-18H,1-2H3. The summed E-state index contributed by atoms with van der Waals surface area (Å²) >= 11 is 0. The highest BCUT2D eigenvalue weighted by Gasteiger charge is 2.28. The Balaban J connectivity index is 1.79. The summed E-state index contributed by atoms with van der Waals surface area (Å²) < 4.78 is 0. The minimum absolute atomic E-state index is 0.456. The smallest absolute Gasteiger partial charge is 0.0822 e. The fraction of sp³-hybridized carbons (Fsp3) is 0.107. The average Bonchev–Trinajstić information content (AvgIpc) is 2.78. The number of hydrogen-bond donors (Lipinski definition) is 0. The van der Waals surface area contributed by atoms with Gasteiger partial charge >= 0.3 is 0 Å². The molecule has 0 saturated carbocycles. The van der Waals surface area contributed by atoms with Gasteiger partial charge in [0.1, 0.15) is 0 Å². The fourth-order valence-electron chi connectivity index (χ4n) is 4.62. The minimum atomic E-state index is 0.456. The van der Waals surface area contributed by atoms with Gasteiger partial charge < -0.3 is 4.90 Å². The van der Waals surface area contributed by atoms with Crippen molar-refractivity contribution in [3.8, 4) is 11.3 Å². The number of aromatic nitrogens is 1. The topological polar surface area (TPSA) is 16.1 Å². The molecule has 0 N–H and O–H groups in total. The lowest BCUT2D eigenvalue weighted by atomic mass is 9.90. The zero-order valence-corrected chi connectivity index (χ0v) is 17.1. The molecule has 2 heteroatoms. The van der Waals surface area contributed by atoms with Gasteiger partial charge in [0.2, 0.25) is 0 Å². The van der Waals surface area contributed by atoms with E-state index >= 15 is 0 Å². The molecule has 0 amide bonds. The largest absolute Gasteiger partial charge is 0.309 e. The van der Waals surface area contributed by atoms with E-state index in [1.54, 1.807) is 0 Å². The third kappa shape index (κ3) is 2.47. The summed E-state index contributed by atoms with van der Waals surface area (Å²) in [5.41, 5.74) is 7.19. The first kappa shape index (κ1) is 17.2. The van der Waals surface area contributed by atoms with Gasteiger partial charge in [0.15, 0.2) is 0 Å². The van der Waals surface area contributed by atoms with Crippen molar-refractivity contribution < 1.29 is 0 Å². The van der Waals surface area contributed by atoms with E-state index in [0.717, 1.165) is 5.69 Å². The van der Waals surface area contributed by atoms with Crippen LogP contribution in [0.3, 0.4) is 0 Å². The van der Waals surface area contributed by atoms with E-state index in [9.17, 15) is 0 Å². The number of pyridine rings is 1. The number of nitrogens with zero attached hydrogens (tertiary/aromatic N) is 2. The molecule has 6 rings (SSSR count). The summed E-state index contributed by atoms with van der Waals surface area (Å²) in [6, 6.07) is 30.7. The van der Waals surface area contributed by atoms with E-state index in [1.165, 1.54) is 49.7 Å². The van der Waals surface area contributed by atoms with Crippen LogP contribution in [0.5, 0.6) is 0 Å². The van der Waals surface area contributed by atoms with Gasteiger partial charge in [-0.05, 0) is 64.0 Å². The molecular weight excluding hydrogens is 364 g/mol. The molecule has 5 aromatic rings. The Kier molecular flexibility index (Phi) is 3.69.